The van der Waals surface area contributed by atoms with Crippen molar-refractivity contribution in [1.82, 2.24) is 0 Å². The number of benzene rings is 1. The lowest BCUT2D eigenvalue weighted by Gasteiger charge is -1.92. The van der Waals surface area contributed by atoms with E-state index in [0.29, 0.717) is 5.76 Å². The summed E-state index contributed by atoms with van der Waals surface area (Å²) < 4.78 is 10.2. The molecule has 1 aliphatic heterocycles. The molecule has 18 heavy (non-hydrogen) atoms. The molecule has 0 spiro atoms. The number of hydrogen-bond acceptors (Lipinski definition) is 4. The number of esters is 1. The van der Waals surface area contributed by atoms with Crippen molar-refractivity contribution in [1.29, 1.82) is 0 Å². The Balaban J connectivity index is 1.94. The molecule has 1 aliphatic rings. The molecule has 0 saturated carbocycles. The zero-order valence-corrected chi connectivity index (χ0v) is 9.37. The highest BCUT2D eigenvalue weighted by Gasteiger charge is 2.25. The van der Waals surface area contributed by atoms with E-state index >= 15 is 0 Å². The van der Waals surface area contributed by atoms with Crippen molar-refractivity contribution in [3.63, 3.8) is 0 Å². The second-order valence-corrected chi connectivity index (χ2v) is 3.72. The Kier molecular flexibility index (Phi) is 2.53. The van der Waals surface area contributed by atoms with Crippen LogP contribution in [-0.4, -0.2) is 11.9 Å². The fraction of sp³-hybridized carbons (Fsp3) is 0. The highest BCUT2D eigenvalue weighted by molar-refractivity contribution is 6.11. The van der Waals surface area contributed by atoms with Gasteiger partial charge in [0.05, 0.1) is 6.26 Å². The molecule has 0 amide bonds. The molecule has 4 nitrogen and oxygen atoms in total. The van der Waals surface area contributed by atoms with E-state index in [1.165, 1.54) is 6.26 Å². The van der Waals surface area contributed by atoms with Gasteiger partial charge in [0, 0.05) is 0 Å². The third-order valence-corrected chi connectivity index (χ3v) is 2.46. The molecule has 0 bridgehead atoms. The Bertz CT molecular complexity index is 624. The third-order valence-electron chi connectivity index (χ3n) is 2.46. The van der Waals surface area contributed by atoms with Gasteiger partial charge in [0.2, 0.25) is 0 Å². The zero-order valence-electron chi connectivity index (χ0n) is 9.37. The average Bonchev–Trinajstić information content (AvgIpc) is 3.01. The van der Waals surface area contributed by atoms with Gasteiger partial charge in [0.1, 0.15) is 0 Å². The maximum absolute atomic E-state index is 11.6. The van der Waals surface area contributed by atoms with Crippen LogP contribution in [0.2, 0.25) is 0 Å². The number of carbonyl (C=O) groups is 1. The third kappa shape index (κ3) is 1.96. The van der Waals surface area contributed by atoms with E-state index < -0.39 is 5.97 Å². The molecule has 0 unspecified atom stereocenters. The van der Waals surface area contributed by atoms with Gasteiger partial charge in [0.25, 0.3) is 5.90 Å². The number of rotatable bonds is 2. The Morgan fingerprint density at radius 1 is 1.06 bits per heavy atom. The van der Waals surface area contributed by atoms with Gasteiger partial charge >= 0.3 is 5.97 Å². The lowest BCUT2D eigenvalue weighted by atomic mass is 10.2. The smallest absolute Gasteiger partial charge is 0.363 e. The van der Waals surface area contributed by atoms with Gasteiger partial charge in [-0.2, -0.15) is 0 Å². The van der Waals surface area contributed by atoms with Crippen LogP contribution >= 0.6 is 0 Å². The summed E-state index contributed by atoms with van der Waals surface area (Å²) in [6.45, 7) is 0. The van der Waals surface area contributed by atoms with Crippen LogP contribution in [0.15, 0.2) is 63.8 Å². The van der Waals surface area contributed by atoms with Crippen LogP contribution in [-0.2, 0) is 9.53 Å². The number of carbonyl (C=O) groups excluding carboxylic acids is 1. The van der Waals surface area contributed by atoms with Crippen molar-refractivity contribution in [2.75, 3.05) is 0 Å². The molecule has 0 radical (unpaired) electrons. The molecule has 1 aromatic carbocycles. The Labute approximate surface area is 103 Å². The van der Waals surface area contributed by atoms with Gasteiger partial charge in [0.15, 0.2) is 11.5 Å². The maximum atomic E-state index is 11.6. The van der Waals surface area contributed by atoms with Crippen LogP contribution in [0.1, 0.15) is 11.3 Å². The average molecular weight is 239 g/mol. The van der Waals surface area contributed by atoms with Crippen molar-refractivity contribution in [2.45, 2.75) is 0 Å². The number of nitrogens with zero attached hydrogens (tertiary/aromatic N) is 1. The van der Waals surface area contributed by atoms with Gasteiger partial charge in [-0.05, 0) is 23.8 Å². The highest BCUT2D eigenvalue weighted by Crippen LogP contribution is 2.18. The van der Waals surface area contributed by atoms with E-state index in [9.17, 15) is 4.79 Å². The van der Waals surface area contributed by atoms with Crippen molar-refractivity contribution >= 4 is 17.9 Å². The summed E-state index contributed by atoms with van der Waals surface area (Å²) in [4.78, 5) is 15.8. The standard InChI is InChI=1S/C14H9NO3/c16-14-11(9-10-5-2-1-3-6-10)15-13(18-14)12-7-4-8-17-12/h1-9H. The fourth-order valence-electron chi connectivity index (χ4n) is 1.62. The predicted octanol–water partition coefficient (Wildman–Crippen LogP) is 2.62. The van der Waals surface area contributed by atoms with Crippen LogP contribution < -0.4 is 0 Å². The fourth-order valence-corrected chi connectivity index (χ4v) is 1.62. The minimum absolute atomic E-state index is 0.201. The number of furan rings is 1. The molecule has 2 heterocycles. The Morgan fingerprint density at radius 3 is 2.61 bits per heavy atom. The molecule has 0 aliphatic carbocycles. The second kappa shape index (κ2) is 4.33. The SMILES string of the molecule is O=C1OC(c2ccco2)=NC1=Cc1ccccc1. The minimum atomic E-state index is -0.467. The summed E-state index contributed by atoms with van der Waals surface area (Å²) in [5, 5.41) is 0. The van der Waals surface area contributed by atoms with Gasteiger partial charge in [-0.1, -0.05) is 30.3 Å². The molecule has 0 atom stereocenters. The summed E-state index contributed by atoms with van der Waals surface area (Å²) in [5.74, 6) is 0.178. The van der Waals surface area contributed by atoms with Gasteiger partial charge in [-0.25, -0.2) is 9.79 Å². The zero-order chi connectivity index (χ0) is 12.4. The first-order valence-corrected chi connectivity index (χ1v) is 5.44. The molecule has 2 aromatic rings. The number of ether oxygens (including phenoxy) is 1. The largest absolute Gasteiger partial charge is 0.459 e. The summed E-state index contributed by atoms with van der Waals surface area (Å²) >= 11 is 0. The van der Waals surface area contributed by atoms with Gasteiger partial charge < -0.3 is 9.15 Å². The quantitative estimate of drug-likeness (QED) is 0.598. The summed E-state index contributed by atoms with van der Waals surface area (Å²) in [6.07, 6.45) is 3.18. The van der Waals surface area contributed by atoms with Crippen LogP contribution in [0.4, 0.5) is 0 Å². The first kappa shape index (κ1) is 10.5. The lowest BCUT2D eigenvalue weighted by Crippen LogP contribution is -2.04. The Morgan fingerprint density at radius 2 is 1.89 bits per heavy atom. The first-order chi connectivity index (χ1) is 8.83. The van der Waals surface area contributed by atoms with Crippen molar-refractivity contribution in [3.8, 4) is 0 Å². The van der Waals surface area contributed by atoms with E-state index in [4.69, 9.17) is 9.15 Å². The van der Waals surface area contributed by atoms with Crippen LogP contribution in [0.5, 0.6) is 0 Å². The highest BCUT2D eigenvalue weighted by atomic mass is 16.6. The van der Waals surface area contributed by atoms with E-state index in [0.717, 1.165) is 5.56 Å². The second-order valence-electron chi connectivity index (χ2n) is 3.72. The number of cyclic esters (lactones) is 1. The predicted molar refractivity (Wildman–Crippen MR) is 65.8 cm³/mol. The molecule has 0 fully saturated rings. The molecule has 1 aromatic heterocycles. The van der Waals surface area contributed by atoms with Crippen molar-refractivity contribution in [2.24, 2.45) is 4.99 Å². The van der Waals surface area contributed by atoms with E-state index in [-0.39, 0.29) is 11.6 Å². The normalized spacial score (nSPS) is 16.8. The van der Waals surface area contributed by atoms with E-state index in [2.05, 4.69) is 4.99 Å². The monoisotopic (exact) mass is 239 g/mol. The van der Waals surface area contributed by atoms with Gasteiger partial charge in [-0.3, -0.25) is 0 Å². The molecular formula is C14H9NO3. The molecular weight excluding hydrogens is 230 g/mol. The number of aliphatic imine (C=N–C) groups is 1. The molecule has 4 heteroatoms. The first-order valence-electron chi connectivity index (χ1n) is 5.44. The van der Waals surface area contributed by atoms with Crippen LogP contribution in [0, 0.1) is 0 Å². The summed E-state index contributed by atoms with van der Waals surface area (Å²) in [7, 11) is 0. The summed E-state index contributed by atoms with van der Waals surface area (Å²) in [5.41, 5.74) is 1.17. The molecule has 0 saturated heterocycles. The number of hydrogen-bond donors (Lipinski definition) is 0. The molecule has 88 valence electrons. The lowest BCUT2D eigenvalue weighted by molar-refractivity contribution is -0.130. The van der Waals surface area contributed by atoms with Crippen LogP contribution in [0.25, 0.3) is 6.08 Å². The topological polar surface area (TPSA) is 51.8 Å². The minimum Gasteiger partial charge on any atom is -0.459 e. The maximum Gasteiger partial charge on any atom is 0.363 e. The molecule has 0 N–H and O–H groups in total. The van der Waals surface area contributed by atoms with E-state index in [1.807, 2.05) is 30.3 Å². The van der Waals surface area contributed by atoms with E-state index in [1.54, 1.807) is 18.2 Å². The Hall–Kier alpha value is -2.62. The van der Waals surface area contributed by atoms with Gasteiger partial charge in [-0.15, -0.1) is 0 Å². The summed E-state index contributed by atoms with van der Waals surface area (Å²) in [6, 6.07) is 12.9. The van der Waals surface area contributed by atoms with Crippen LogP contribution in [0.3, 0.4) is 0 Å². The van der Waals surface area contributed by atoms with Crippen molar-refractivity contribution < 1.29 is 13.9 Å². The van der Waals surface area contributed by atoms with Crippen molar-refractivity contribution in [3.05, 3.63) is 65.7 Å². The molecule has 3 rings (SSSR count).